The van der Waals surface area contributed by atoms with Crippen LogP contribution in [0.25, 0.3) is 44.8 Å². The van der Waals surface area contributed by atoms with E-state index in [1.54, 1.807) is 0 Å². The molecule has 1 fully saturated rings. The van der Waals surface area contributed by atoms with Gasteiger partial charge in [-0.1, -0.05) is 65.3 Å². The van der Waals surface area contributed by atoms with Crippen LogP contribution in [0.3, 0.4) is 0 Å². The summed E-state index contributed by atoms with van der Waals surface area (Å²) >= 11 is 0. The Morgan fingerprint density at radius 3 is 2.14 bits per heavy atom. The number of hydrogen-bond donors (Lipinski definition) is 1. The zero-order valence-electron chi connectivity index (χ0n) is 19.9. The van der Waals surface area contributed by atoms with Gasteiger partial charge in [0, 0.05) is 17.3 Å². The Morgan fingerprint density at radius 2 is 1.47 bits per heavy atom. The zero-order chi connectivity index (χ0) is 24.1. The van der Waals surface area contributed by atoms with E-state index in [4.69, 9.17) is 15.8 Å². The number of pyridine rings is 2. The number of fused-ring (bicyclic) bond motifs is 3. The Labute approximate surface area is 209 Å². The van der Waals surface area contributed by atoms with Crippen molar-refractivity contribution in [2.75, 3.05) is 0 Å². The Kier molecular flexibility index (Phi) is 4.72. The topological polar surface area (TPSA) is 60.8 Å². The van der Waals surface area contributed by atoms with E-state index in [0.717, 1.165) is 57.6 Å². The number of benzene rings is 3. The Hall–Kier alpha value is -4.35. The molecule has 36 heavy (non-hydrogen) atoms. The van der Waals surface area contributed by atoms with Crippen LogP contribution >= 0.6 is 0 Å². The average Bonchev–Trinajstić information content (AvgIpc) is 3.33. The van der Waals surface area contributed by atoms with Crippen LogP contribution in [0.5, 0.6) is 0 Å². The quantitative estimate of drug-likeness (QED) is 0.331. The fourth-order valence-corrected chi connectivity index (χ4v) is 5.24. The molecule has 3 aromatic heterocycles. The van der Waals surface area contributed by atoms with E-state index >= 15 is 0 Å². The molecular weight excluding hydrogens is 442 g/mol. The summed E-state index contributed by atoms with van der Waals surface area (Å²) in [5, 5.41) is 6.18. The molecule has 6 aromatic rings. The average molecular weight is 469 g/mol. The van der Waals surface area contributed by atoms with Gasteiger partial charge in [-0.25, -0.2) is 0 Å². The number of aromatic nitrogens is 4. The zero-order valence-corrected chi connectivity index (χ0v) is 19.9. The highest BCUT2D eigenvalue weighted by atomic mass is 15.4. The predicted molar refractivity (Wildman–Crippen MR) is 143 cm³/mol. The van der Waals surface area contributed by atoms with Crippen LogP contribution in [-0.4, -0.2) is 14.8 Å². The Balaban J connectivity index is 1.48. The van der Waals surface area contributed by atoms with Gasteiger partial charge in [-0.2, -0.15) is 4.40 Å². The van der Waals surface area contributed by atoms with Crippen molar-refractivity contribution in [2.24, 2.45) is 5.73 Å². The predicted octanol–water partition coefficient (Wildman–Crippen LogP) is 5.83. The fourth-order valence-electron chi connectivity index (χ4n) is 5.24. The third-order valence-electron chi connectivity index (χ3n) is 7.46. The number of hydrogen-bond acceptors (Lipinski definition) is 3. The van der Waals surface area contributed by atoms with Crippen molar-refractivity contribution in [3.05, 3.63) is 115 Å². The SMILES string of the molecule is NC1(c2ccc(-n3nc(-c4ccccc4)[n+]4ccc5ncc(-c6ccccc6)cc5c34)cc2)CCC1. The molecule has 1 aliphatic rings. The second-order valence-electron chi connectivity index (χ2n) is 9.69. The molecule has 0 unspecified atom stereocenters. The van der Waals surface area contributed by atoms with E-state index < -0.39 is 0 Å². The van der Waals surface area contributed by atoms with Crippen LogP contribution in [0.2, 0.25) is 0 Å². The van der Waals surface area contributed by atoms with Gasteiger partial charge >= 0.3 is 5.82 Å². The molecule has 3 heterocycles. The van der Waals surface area contributed by atoms with Crippen LogP contribution in [0.15, 0.2) is 109 Å². The normalized spacial score (nSPS) is 14.7. The lowest BCUT2D eigenvalue weighted by Gasteiger charge is -2.38. The maximum atomic E-state index is 6.60. The third-order valence-corrected chi connectivity index (χ3v) is 7.46. The lowest BCUT2D eigenvalue weighted by molar-refractivity contribution is -0.498. The molecular formula is C31H26N5+. The van der Waals surface area contributed by atoms with Crippen LogP contribution in [-0.2, 0) is 5.54 Å². The Morgan fingerprint density at radius 1 is 0.778 bits per heavy atom. The van der Waals surface area contributed by atoms with Crippen molar-refractivity contribution in [3.8, 4) is 28.2 Å². The molecule has 0 amide bonds. The van der Waals surface area contributed by atoms with Gasteiger partial charge < -0.3 is 5.73 Å². The van der Waals surface area contributed by atoms with Gasteiger partial charge in [0.25, 0.3) is 5.65 Å². The van der Waals surface area contributed by atoms with Crippen LogP contribution in [0.1, 0.15) is 24.8 Å². The minimum Gasteiger partial charge on any atom is -0.321 e. The van der Waals surface area contributed by atoms with E-state index in [0.29, 0.717) is 0 Å². The minimum atomic E-state index is -0.185. The molecule has 174 valence electrons. The smallest absolute Gasteiger partial charge is 0.314 e. The van der Waals surface area contributed by atoms with Gasteiger partial charge in [-0.15, -0.1) is 0 Å². The van der Waals surface area contributed by atoms with Crippen LogP contribution in [0.4, 0.5) is 0 Å². The summed E-state index contributed by atoms with van der Waals surface area (Å²) < 4.78 is 4.20. The van der Waals surface area contributed by atoms with E-state index in [-0.39, 0.29) is 5.54 Å². The molecule has 5 heteroatoms. The number of nitrogens with zero attached hydrogens (tertiary/aromatic N) is 4. The molecule has 0 atom stereocenters. The molecule has 3 aromatic carbocycles. The first-order chi connectivity index (χ1) is 17.7. The minimum absolute atomic E-state index is 0.185. The van der Waals surface area contributed by atoms with Crippen molar-refractivity contribution in [2.45, 2.75) is 24.8 Å². The summed E-state index contributed by atoms with van der Waals surface area (Å²) in [6, 6.07) is 33.6. The molecule has 0 bridgehead atoms. The molecule has 1 saturated carbocycles. The lowest BCUT2D eigenvalue weighted by atomic mass is 9.73. The molecule has 0 aliphatic heterocycles. The molecule has 0 saturated heterocycles. The summed E-state index contributed by atoms with van der Waals surface area (Å²) in [5.74, 6) is 0.885. The number of nitrogens with two attached hydrogens (primary N) is 1. The molecule has 0 radical (unpaired) electrons. The summed E-state index contributed by atoms with van der Waals surface area (Å²) in [6.45, 7) is 0. The molecule has 5 nitrogen and oxygen atoms in total. The standard InChI is InChI=1S/C31H26N5/c32-31(17-7-18-31)25-12-14-26(15-13-25)36-30-27-20-24(22-8-3-1-4-9-22)21-33-28(27)16-19-35(30)29(34-36)23-10-5-2-6-11-23/h1-6,8-16,19-21H,7,17-18,32H2/q+1. The van der Waals surface area contributed by atoms with E-state index in [1.807, 2.05) is 35.1 Å². The summed E-state index contributed by atoms with van der Waals surface area (Å²) in [4.78, 5) is 4.82. The lowest BCUT2D eigenvalue weighted by Crippen LogP contribution is -2.43. The summed E-state index contributed by atoms with van der Waals surface area (Å²) in [7, 11) is 0. The first-order valence-electron chi connectivity index (χ1n) is 12.4. The maximum absolute atomic E-state index is 6.60. The van der Waals surface area contributed by atoms with Gasteiger partial charge in [0.05, 0.1) is 27.8 Å². The molecule has 2 N–H and O–H groups in total. The van der Waals surface area contributed by atoms with Crippen molar-refractivity contribution in [1.29, 1.82) is 0 Å². The first-order valence-corrected chi connectivity index (χ1v) is 12.4. The van der Waals surface area contributed by atoms with E-state index in [1.165, 1.54) is 12.0 Å². The largest absolute Gasteiger partial charge is 0.321 e. The van der Waals surface area contributed by atoms with Gasteiger partial charge in [0.15, 0.2) is 0 Å². The monoisotopic (exact) mass is 468 g/mol. The van der Waals surface area contributed by atoms with E-state index in [9.17, 15) is 0 Å². The van der Waals surface area contributed by atoms with Gasteiger partial charge in [-0.05, 0) is 66.8 Å². The van der Waals surface area contributed by atoms with Crippen LogP contribution < -0.4 is 10.1 Å². The third kappa shape index (κ3) is 3.32. The highest BCUT2D eigenvalue weighted by Gasteiger charge is 2.34. The number of rotatable bonds is 4. The van der Waals surface area contributed by atoms with Crippen molar-refractivity contribution < 1.29 is 4.40 Å². The van der Waals surface area contributed by atoms with Crippen molar-refractivity contribution in [1.82, 2.24) is 14.8 Å². The first kappa shape index (κ1) is 21.0. The van der Waals surface area contributed by atoms with Gasteiger partial charge in [-0.3, -0.25) is 4.98 Å². The Bertz CT molecular complexity index is 1700. The molecule has 0 spiro atoms. The highest BCUT2D eigenvalue weighted by Crippen LogP contribution is 2.39. The molecule has 1 aliphatic carbocycles. The molecule has 7 rings (SSSR count). The van der Waals surface area contributed by atoms with Gasteiger partial charge in [0.1, 0.15) is 5.69 Å². The van der Waals surface area contributed by atoms with E-state index in [2.05, 4.69) is 83.4 Å². The maximum Gasteiger partial charge on any atom is 0.314 e. The summed E-state index contributed by atoms with van der Waals surface area (Å²) in [5.41, 5.74) is 13.8. The fraction of sp³-hybridized carbons (Fsp3) is 0.129. The second kappa shape index (κ2) is 8.11. The second-order valence-corrected chi connectivity index (χ2v) is 9.69. The summed E-state index contributed by atoms with van der Waals surface area (Å²) in [6.07, 6.45) is 7.30. The van der Waals surface area contributed by atoms with Gasteiger partial charge in [0.2, 0.25) is 0 Å². The highest BCUT2D eigenvalue weighted by molar-refractivity contribution is 5.93. The van der Waals surface area contributed by atoms with Crippen molar-refractivity contribution in [3.63, 3.8) is 0 Å². The van der Waals surface area contributed by atoms with Crippen molar-refractivity contribution >= 4 is 16.6 Å². The van der Waals surface area contributed by atoms with Crippen LogP contribution in [0, 0.1) is 0 Å².